The summed E-state index contributed by atoms with van der Waals surface area (Å²) in [5.74, 6) is 1.48. The molecule has 4 unspecified atom stereocenters. The van der Waals surface area contributed by atoms with Crippen molar-refractivity contribution in [2.24, 2.45) is 11.8 Å². The Morgan fingerprint density at radius 3 is 2.67 bits per heavy atom. The first kappa shape index (κ1) is 19.9. The van der Waals surface area contributed by atoms with Crippen molar-refractivity contribution in [3.05, 3.63) is 24.2 Å². The number of hydrogen-bond acceptors (Lipinski definition) is 4. The van der Waals surface area contributed by atoms with Crippen molar-refractivity contribution in [1.82, 2.24) is 15.1 Å². The van der Waals surface area contributed by atoms with E-state index in [0.717, 1.165) is 32.5 Å². The van der Waals surface area contributed by atoms with Crippen molar-refractivity contribution in [3.8, 4) is 0 Å². The minimum absolute atomic E-state index is 0.0415. The Balaban J connectivity index is 1.57. The maximum Gasteiger partial charge on any atom is 0.290 e. The van der Waals surface area contributed by atoms with Gasteiger partial charge in [-0.05, 0) is 56.6 Å². The van der Waals surface area contributed by atoms with E-state index in [2.05, 4.69) is 31.0 Å². The zero-order chi connectivity index (χ0) is 19.4. The molecule has 27 heavy (non-hydrogen) atoms. The van der Waals surface area contributed by atoms with Crippen LogP contribution in [-0.2, 0) is 4.79 Å². The maximum atomic E-state index is 12.9. The van der Waals surface area contributed by atoms with Crippen molar-refractivity contribution >= 4 is 11.8 Å². The van der Waals surface area contributed by atoms with Crippen molar-refractivity contribution < 1.29 is 14.0 Å². The van der Waals surface area contributed by atoms with Gasteiger partial charge in [0, 0.05) is 32.2 Å². The van der Waals surface area contributed by atoms with Crippen LogP contribution in [0.4, 0.5) is 0 Å². The minimum Gasteiger partial charge on any atom is -0.459 e. The Labute approximate surface area is 162 Å². The molecule has 2 saturated heterocycles. The monoisotopic (exact) mass is 375 g/mol. The molecule has 0 spiro atoms. The number of hydrogen-bond donors (Lipinski definition) is 1. The summed E-state index contributed by atoms with van der Waals surface area (Å²) in [6, 6.07) is 3.03. The normalized spacial score (nSPS) is 28.0. The Morgan fingerprint density at radius 2 is 2.00 bits per heavy atom. The predicted molar refractivity (Wildman–Crippen MR) is 104 cm³/mol. The second-order valence-corrected chi connectivity index (χ2v) is 8.56. The highest BCUT2D eigenvalue weighted by atomic mass is 16.3. The number of amides is 2. The molecule has 1 aromatic rings. The highest BCUT2D eigenvalue weighted by molar-refractivity contribution is 5.95. The van der Waals surface area contributed by atoms with E-state index < -0.39 is 6.04 Å². The second-order valence-electron chi connectivity index (χ2n) is 8.56. The molecule has 0 aromatic carbocycles. The van der Waals surface area contributed by atoms with E-state index in [1.165, 1.54) is 12.7 Å². The van der Waals surface area contributed by atoms with Crippen LogP contribution in [0.15, 0.2) is 22.8 Å². The van der Waals surface area contributed by atoms with Crippen LogP contribution in [0.25, 0.3) is 0 Å². The molecule has 0 radical (unpaired) electrons. The third-order valence-electron chi connectivity index (χ3n) is 5.66. The summed E-state index contributed by atoms with van der Waals surface area (Å²) in [6.07, 6.45) is 5.38. The number of nitrogens with zero attached hydrogens (tertiary/aromatic N) is 2. The highest BCUT2D eigenvalue weighted by Crippen LogP contribution is 2.22. The molecule has 2 aliphatic rings. The Bertz CT molecular complexity index is 621. The topological polar surface area (TPSA) is 65.8 Å². The lowest BCUT2D eigenvalue weighted by Gasteiger charge is -2.38. The third kappa shape index (κ3) is 5.12. The van der Waals surface area contributed by atoms with E-state index in [0.29, 0.717) is 30.6 Å². The number of nitrogens with one attached hydrogen (secondary N) is 1. The van der Waals surface area contributed by atoms with Gasteiger partial charge in [0.15, 0.2) is 5.76 Å². The van der Waals surface area contributed by atoms with Gasteiger partial charge in [-0.3, -0.25) is 9.59 Å². The molecule has 150 valence electrons. The lowest BCUT2D eigenvalue weighted by molar-refractivity contribution is -0.127. The van der Waals surface area contributed by atoms with Gasteiger partial charge in [-0.2, -0.15) is 0 Å². The average molecular weight is 376 g/mol. The van der Waals surface area contributed by atoms with Crippen LogP contribution in [0.2, 0.25) is 0 Å². The SMILES string of the molecule is CC1CC(C)CN(CC(C)NC(=O)C2CCCCN2C(=O)c2ccco2)C1. The van der Waals surface area contributed by atoms with Gasteiger partial charge in [0.05, 0.1) is 6.26 Å². The molecular formula is C21H33N3O3. The molecule has 3 heterocycles. The first-order chi connectivity index (χ1) is 12.9. The number of carbonyl (C=O) groups excluding carboxylic acids is 2. The van der Waals surface area contributed by atoms with Gasteiger partial charge in [-0.15, -0.1) is 0 Å². The summed E-state index contributed by atoms with van der Waals surface area (Å²) >= 11 is 0. The van der Waals surface area contributed by atoms with E-state index >= 15 is 0 Å². The number of rotatable bonds is 5. The Hall–Kier alpha value is -1.82. The third-order valence-corrected chi connectivity index (χ3v) is 5.66. The smallest absolute Gasteiger partial charge is 0.290 e. The molecule has 6 heteroatoms. The lowest BCUT2D eigenvalue weighted by atomic mass is 9.91. The predicted octanol–water partition coefficient (Wildman–Crippen LogP) is 2.76. The zero-order valence-corrected chi connectivity index (χ0v) is 16.8. The molecule has 2 amide bonds. The Morgan fingerprint density at radius 1 is 1.26 bits per heavy atom. The van der Waals surface area contributed by atoms with E-state index in [-0.39, 0.29) is 17.9 Å². The molecule has 1 N–H and O–H groups in total. The van der Waals surface area contributed by atoms with E-state index in [4.69, 9.17) is 4.42 Å². The molecule has 4 atom stereocenters. The van der Waals surface area contributed by atoms with Crippen LogP contribution >= 0.6 is 0 Å². The second kappa shape index (κ2) is 8.91. The van der Waals surface area contributed by atoms with Crippen molar-refractivity contribution in [3.63, 3.8) is 0 Å². The fourth-order valence-corrected chi connectivity index (χ4v) is 4.70. The summed E-state index contributed by atoms with van der Waals surface area (Å²) in [7, 11) is 0. The average Bonchev–Trinajstić information content (AvgIpc) is 3.14. The molecule has 1 aromatic heterocycles. The maximum absolute atomic E-state index is 12.9. The number of carbonyl (C=O) groups is 2. The summed E-state index contributed by atoms with van der Waals surface area (Å²) in [5.41, 5.74) is 0. The molecule has 3 rings (SSSR count). The van der Waals surface area contributed by atoms with Gasteiger partial charge in [0.2, 0.25) is 5.91 Å². The first-order valence-corrected chi connectivity index (χ1v) is 10.3. The molecule has 0 bridgehead atoms. The lowest BCUT2D eigenvalue weighted by Crippen LogP contribution is -2.55. The van der Waals surface area contributed by atoms with Gasteiger partial charge in [0.1, 0.15) is 6.04 Å². The first-order valence-electron chi connectivity index (χ1n) is 10.3. The summed E-state index contributed by atoms with van der Waals surface area (Å²) in [6.45, 7) is 10.3. The van der Waals surface area contributed by atoms with Crippen LogP contribution in [-0.4, -0.2) is 59.9 Å². The van der Waals surface area contributed by atoms with E-state index in [9.17, 15) is 9.59 Å². The summed E-state index contributed by atoms with van der Waals surface area (Å²) in [5, 5.41) is 3.15. The van der Waals surface area contributed by atoms with Crippen LogP contribution in [0.3, 0.4) is 0 Å². The fourth-order valence-electron chi connectivity index (χ4n) is 4.70. The highest BCUT2D eigenvalue weighted by Gasteiger charge is 2.34. The van der Waals surface area contributed by atoms with Gasteiger partial charge in [-0.1, -0.05) is 13.8 Å². The van der Waals surface area contributed by atoms with Crippen molar-refractivity contribution in [2.45, 2.75) is 58.5 Å². The molecule has 2 aliphatic heterocycles. The number of furan rings is 1. The van der Waals surface area contributed by atoms with Gasteiger partial charge in [-0.25, -0.2) is 0 Å². The molecule has 0 aliphatic carbocycles. The van der Waals surface area contributed by atoms with Gasteiger partial charge in [0.25, 0.3) is 5.91 Å². The van der Waals surface area contributed by atoms with Crippen molar-refractivity contribution in [2.75, 3.05) is 26.2 Å². The summed E-state index contributed by atoms with van der Waals surface area (Å²) < 4.78 is 5.25. The van der Waals surface area contributed by atoms with Gasteiger partial charge >= 0.3 is 0 Å². The fraction of sp³-hybridized carbons (Fsp3) is 0.714. The van der Waals surface area contributed by atoms with Crippen LogP contribution in [0, 0.1) is 11.8 Å². The van der Waals surface area contributed by atoms with Crippen LogP contribution in [0.1, 0.15) is 57.0 Å². The standard InChI is InChI=1S/C21H33N3O3/c1-15-11-16(2)13-23(12-15)14-17(3)22-20(25)18-7-4-5-9-24(18)21(26)19-8-6-10-27-19/h6,8,10,15-18H,4-5,7,9,11-14H2,1-3H3,(H,22,25). The molecular weight excluding hydrogens is 342 g/mol. The Kier molecular flexibility index (Phi) is 6.58. The molecule has 2 fully saturated rings. The zero-order valence-electron chi connectivity index (χ0n) is 16.8. The van der Waals surface area contributed by atoms with Crippen LogP contribution < -0.4 is 5.32 Å². The quantitative estimate of drug-likeness (QED) is 0.859. The van der Waals surface area contributed by atoms with E-state index in [1.54, 1.807) is 17.0 Å². The summed E-state index contributed by atoms with van der Waals surface area (Å²) in [4.78, 5) is 29.7. The van der Waals surface area contributed by atoms with Crippen molar-refractivity contribution in [1.29, 1.82) is 0 Å². The number of likely N-dealkylation sites (tertiary alicyclic amines) is 2. The largest absolute Gasteiger partial charge is 0.459 e. The molecule has 0 saturated carbocycles. The van der Waals surface area contributed by atoms with Crippen LogP contribution in [0.5, 0.6) is 0 Å². The number of piperidine rings is 2. The van der Waals surface area contributed by atoms with E-state index in [1.807, 2.05) is 0 Å². The molecule has 6 nitrogen and oxygen atoms in total. The minimum atomic E-state index is -0.405. The van der Waals surface area contributed by atoms with Gasteiger partial charge < -0.3 is 19.5 Å².